The largest absolute Gasteiger partial charge is 0.472 e. The standard InChI is InChI=1S/C44H79O8P/c1-4-7-9-11-13-15-17-19-21-23-25-27-29-31-33-35-37-39-44(46)52-42(41-51-53(47,48)50-6-3)40-49-43(45)38-36-34-32-30-28-26-24-22-20-18-16-14-12-10-8-5-2/h7,9,13,15,19,21,25,27,42H,4-6,8,10-12,14,16-18,20,22-24,26,28-41H2,1-3H3,(H,47,48)/b9-7-,15-13-,21-19-,27-25-. The number of phosphoric acid groups is 1. The first-order valence-corrected chi connectivity index (χ1v) is 22.9. The number of esters is 2. The van der Waals surface area contributed by atoms with E-state index in [-0.39, 0.29) is 32.0 Å². The van der Waals surface area contributed by atoms with Crippen molar-refractivity contribution in [3.8, 4) is 0 Å². The van der Waals surface area contributed by atoms with Gasteiger partial charge >= 0.3 is 19.8 Å². The third-order valence-electron chi connectivity index (χ3n) is 8.90. The lowest BCUT2D eigenvalue weighted by Crippen LogP contribution is -2.29. The molecule has 0 bridgehead atoms. The van der Waals surface area contributed by atoms with Gasteiger partial charge in [-0.2, -0.15) is 0 Å². The Hall–Kier alpha value is -1.99. The number of carbonyl (C=O) groups excluding carboxylic acids is 2. The fourth-order valence-corrected chi connectivity index (χ4v) is 6.55. The summed E-state index contributed by atoms with van der Waals surface area (Å²) < 4.78 is 32.6. The Morgan fingerprint density at radius 3 is 1.45 bits per heavy atom. The summed E-state index contributed by atoms with van der Waals surface area (Å²) in [7, 11) is -4.29. The van der Waals surface area contributed by atoms with Crippen molar-refractivity contribution in [3.05, 3.63) is 48.6 Å². The van der Waals surface area contributed by atoms with E-state index >= 15 is 0 Å². The fourth-order valence-electron chi connectivity index (χ4n) is 5.80. The Morgan fingerprint density at radius 1 is 0.528 bits per heavy atom. The summed E-state index contributed by atoms with van der Waals surface area (Å²) in [4.78, 5) is 34.7. The molecule has 0 aromatic carbocycles. The van der Waals surface area contributed by atoms with Gasteiger partial charge in [0.05, 0.1) is 13.2 Å². The molecule has 0 aliphatic rings. The van der Waals surface area contributed by atoms with Gasteiger partial charge in [0.2, 0.25) is 0 Å². The molecular formula is C44H79O8P. The molecule has 0 heterocycles. The van der Waals surface area contributed by atoms with Gasteiger partial charge in [0.15, 0.2) is 6.10 Å². The van der Waals surface area contributed by atoms with Crippen LogP contribution in [0.15, 0.2) is 48.6 Å². The maximum atomic E-state index is 12.5. The van der Waals surface area contributed by atoms with Crippen molar-refractivity contribution in [3.63, 3.8) is 0 Å². The molecule has 0 spiro atoms. The molecule has 0 aliphatic carbocycles. The number of carbonyl (C=O) groups is 2. The summed E-state index contributed by atoms with van der Waals surface area (Å²) in [6, 6.07) is 0. The van der Waals surface area contributed by atoms with Gasteiger partial charge in [0.25, 0.3) is 0 Å². The van der Waals surface area contributed by atoms with Crippen molar-refractivity contribution >= 4 is 19.8 Å². The zero-order valence-electron chi connectivity index (χ0n) is 34.2. The monoisotopic (exact) mass is 767 g/mol. The smallest absolute Gasteiger partial charge is 0.462 e. The highest BCUT2D eigenvalue weighted by atomic mass is 31.2. The summed E-state index contributed by atoms with van der Waals surface area (Å²) in [6.07, 6.45) is 45.9. The number of rotatable bonds is 39. The van der Waals surface area contributed by atoms with Gasteiger partial charge in [-0.3, -0.25) is 18.6 Å². The van der Waals surface area contributed by atoms with Gasteiger partial charge in [-0.15, -0.1) is 0 Å². The van der Waals surface area contributed by atoms with Crippen LogP contribution >= 0.6 is 7.82 Å². The zero-order valence-corrected chi connectivity index (χ0v) is 35.1. The van der Waals surface area contributed by atoms with Gasteiger partial charge in [-0.05, 0) is 58.3 Å². The van der Waals surface area contributed by atoms with E-state index in [0.717, 1.165) is 70.6 Å². The van der Waals surface area contributed by atoms with Crippen molar-refractivity contribution in [2.45, 2.75) is 200 Å². The zero-order chi connectivity index (χ0) is 38.9. The average Bonchev–Trinajstić information content (AvgIpc) is 3.13. The molecule has 0 aromatic heterocycles. The lowest BCUT2D eigenvalue weighted by Gasteiger charge is -2.19. The number of phosphoric ester groups is 1. The molecule has 2 unspecified atom stereocenters. The Bertz CT molecular complexity index is 1010. The minimum atomic E-state index is -4.29. The lowest BCUT2D eigenvalue weighted by molar-refractivity contribution is -0.161. The van der Waals surface area contributed by atoms with Crippen molar-refractivity contribution in [1.29, 1.82) is 0 Å². The molecule has 1 N–H and O–H groups in total. The highest BCUT2D eigenvalue weighted by Crippen LogP contribution is 2.43. The van der Waals surface area contributed by atoms with Gasteiger partial charge in [0.1, 0.15) is 6.61 Å². The van der Waals surface area contributed by atoms with Crippen molar-refractivity contribution in [2.24, 2.45) is 0 Å². The number of hydrogen-bond acceptors (Lipinski definition) is 7. The normalized spacial score (nSPS) is 13.8. The van der Waals surface area contributed by atoms with E-state index in [2.05, 4.69) is 62.5 Å². The predicted octanol–water partition coefficient (Wildman–Crippen LogP) is 13.4. The van der Waals surface area contributed by atoms with Gasteiger partial charge in [0, 0.05) is 12.8 Å². The number of hydrogen-bond donors (Lipinski definition) is 1. The van der Waals surface area contributed by atoms with E-state index in [4.69, 9.17) is 18.5 Å². The predicted molar refractivity (Wildman–Crippen MR) is 221 cm³/mol. The van der Waals surface area contributed by atoms with Gasteiger partial charge in [-0.1, -0.05) is 172 Å². The highest BCUT2D eigenvalue weighted by Gasteiger charge is 2.25. The molecule has 8 nitrogen and oxygen atoms in total. The van der Waals surface area contributed by atoms with Crippen LogP contribution in [0.2, 0.25) is 0 Å². The lowest BCUT2D eigenvalue weighted by atomic mass is 10.0. The molecule has 0 aromatic rings. The van der Waals surface area contributed by atoms with E-state index in [1.807, 2.05) is 0 Å². The maximum absolute atomic E-state index is 12.5. The second kappa shape index (κ2) is 39.7. The average molecular weight is 767 g/mol. The summed E-state index contributed by atoms with van der Waals surface area (Å²) in [6.45, 7) is 5.34. The highest BCUT2D eigenvalue weighted by molar-refractivity contribution is 7.47. The van der Waals surface area contributed by atoms with E-state index in [9.17, 15) is 19.0 Å². The van der Waals surface area contributed by atoms with Crippen LogP contribution in [-0.2, 0) is 32.7 Å². The van der Waals surface area contributed by atoms with E-state index < -0.39 is 26.5 Å². The first-order valence-electron chi connectivity index (χ1n) is 21.4. The quantitative estimate of drug-likeness (QED) is 0.0285. The van der Waals surface area contributed by atoms with Crippen LogP contribution in [0.1, 0.15) is 194 Å². The Morgan fingerprint density at radius 2 is 0.962 bits per heavy atom. The number of allylic oxidation sites excluding steroid dienone is 8. The Balaban J connectivity index is 4.12. The molecular weight excluding hydrogens is 687 g/mol. The van der Waals surface area contributed by atoms with Crippen LogP contribution in [0.4, 0.5) is 0 Å². The minimum Gasteiger partial charge on any atom is -0.462 e. The summed E-state index contributed by atoms with van der Waals surface area (Å²) in [5, 5.41) is 0. The molecule has 0 fully saturated rings. The van der Waals surface area contributed by atoms with Crippen LogP contribution in [-0.4, -0.2) is 42.8 Å². The van der Waals surface area contributed by atoms with Crippen LogP contribution in [0.3, 0.4) is 0 Å². The molecule has 0 amide bonds. The molecule has 0 radical (unpaired) electrons. The fraction of sp³-hybridized carbons (Fsp3) is 0.773. The van der Waals surface area contributed by atoms with Crippen LogP contribution in [0.5, 0.6) is 0 Å². The third kappa shape index (κ3) is 39.5. The molecule has 308 valence electrons. The second-order valence-corrected chi connectivity index (χ2v) is 15.4. The Kier molecular flexibility index (Phi) is 38.2. The van der Waals surface area contributed by atoms with Crippen LogP contribution in [0, 0.1) is 0 Å². The second-order valence-electron chi connectivity index (χ2n) is 14.0. The van der Waals surface area contributed by atoms with Crippen LogP contribution in [0.25, 0.3) is 0 Å². The first kappa shape index (κ1) is 51.0. The molecule has 0 saturated carbocycles. The van der Waals surface area contributed by atoms with Gasteiger partial charge in [-0.25, -0.2) is 4.57 Å². The molecule has 53 heavy (non-hydrogen) atoms. The molecule has 2 atom stereocenters. The van der Waals surface area contributed by atoms with Crippen molar-refractivity contribution in [2.75, 3.05) is 19.8 Å². The SMILES string of the molecule is CC/C=C\C/C=C\C/C=C\C/C=C\CCCCCCC(=O)OC(COC(=O)CCCCCCCCCCCCCCCCCC)COP(=O)(O)OCC. The minimum absolute atomic E-state index is 0.00515. The first-order chi connectivity index (χ1) is 25.8. The Labute approximate surface area is 325 Å². The van der Waals surface area contributed by atoms with E-state index in [1.54, 1.807) is 6.92 Å². The number of ether oxygens (including phenoxy) is 2. The topological polar surface area (TPSA) is 108 Å². The number of unbranched alkanes of at least 4 members (excludes halogenated alkanes) is 19. The maximum Gasteiger partial charge on any atom is 0.472 e. The van der Waals surface area contributed by atoms with E-state index in [0.29, 0.717) is 6.42 Å². The third-order valence-corrected chi connectivity index (χ3v) is 9.96. The van der Waals surface area contributed by atoms with Crippen molar-refractivity contribution < 1.29 is 37.6 Å². The van der Waals surface area contributed by atoms with Gasteiger partial charge < -0.3 is 14.4 Å². The summed E-state index contributed by atoms with van der Waals surface area (Å²) in [5.74, 6) is -0.822. The molecule has 0 aliphatic heterocycles. The summed E-state index contributed by atoms with van der Waals surface area (Å²) in [5.41, 5.74) is 0. The molecule has 0 saturated heterocycles. The molecule has 9 heteroatoms. The summed E-state index contributed by atoms with van der Waals surface area (Å²) >= 11 is 0. The van der Waals surface area contributed by atoms with Crippen LogP contribution < -0.4 is 0 Å². The van der Waals surface area contributed by atoms with Crippen molar-refractivity contribution in [1.82, 2.24) is 0 Å². The van der Waals surface area contributed by atoms with E-state index in [1.165, 1.54) is 83.5 Å². The molecule has 0 rings (SSSR count).